The molecule has 1 rings (SSSR count). The van der Waals surface area contributed by atoms with Crippen molar-refractivity contribution < 1.29 is 9.90 Å². The summed E-state index contributed by atoms with van der Waals surface area (Å²) in [7, 11) is 0. The predicted octanol–water partition coefficient (Wildman–Crippen LogP) is 2.16. The second kappa shape index (κ2) is 7.99. The molecule has 0 aliphatic heterocycles. The van der Waals surface area contributed by atoms with E-state index < -0.39 is 5.60 Å². The lowest BCUT2D eigenvalue weighted by molar-refractivity contribution is -0.127. The Hall–Kier alpha value is -0.610. The quantitative estimate of drug-likeness (QED) is 0.753. The van der Waals surface area contributed by atoms with Crippen molar-refractivity contribution in [1.29, 1.82) is 0 Å². The summed E-state index contributed by atoms with van der Waals surface area (Å²) in [5, 5.41) is 13.0. The molecule has 0 heterocycles. The van der Waals surface area contributed by atoms with E-state index in [1.54, 1.807) is 13.8 Å². The zero-order valence-electron chi connectivity index (χ0n) is 13.6. The van der Waals surface area contributed by atoms with Crippen LogP contribution in [-0.2, 0) is 4.79 Å². The van der Waals surface area contributed by atoms with Crippen LogP contribution in [0.25, 0.3) is 0 Å². The van der Waals surface area contributed by atoms with E-state index in [9.17, 15) is 9.90 Å². The van der Waals surface area contributed by atoms with Crippen LogP contribution in [-0.4, -0.2) is 47.2 Å². The molecule has 0 saturated heterocycles. The summed E-state index contributed by atoms with van der Waals surface area (Å²) in [6.45, 7) is 9.60. The summed E-state index contributed by atoms with van der Waals surface area (Å²) >= 11 is 0. The summed E-state index contributed by atoms with van der Waals surface area (Å²) in [4.78, 5) is 14.3. The maximum absolute atomic E-state index is 12.2. The highest BCUT2D eigenvalue weighted by molar-refractivity contribution is 5.81. The van der Waals surface area contributed by atoms with E-state index in [4.69, 9.17) is 0 Å². The molecular weight excluding hydrogens is 252 g/mol. The fourth-order valence-electron chi connectivity index (χ4n) is 2.97. The molecule has 20 heavy (non-hydrogen) atoms. The Balaban J connectivity index is 2.39. The standard InChI is InChI=1S/C16H32N2O2/c1-5-18(12-16(3,4)20)13(2)15(19)17-11-14-9-7-6-8-10-14/h13-14,20H,5-12H2,1-4H3,(H,17,19). The first-order valence-corrected chi connectivity index (χ1v) is 8.07. The van der Waals surface area contributed by atoms with Gasteiger partial charge in [-0.15, -0.1) is 0 Å². The van der Waals surface area contributed by atoms with Crippen LogP contribution in [0.4, 0.5) is 0 Å². The largest absolute Gasteiger partial charge is 0.389 e. The first kappa shape index (κ1) is 17.4. The van der Waals surface area contributed by atoms with Gasteiger partial charge >= 0.3 is 0 Å². The minimum absolute atomic E-state index is 0.0849. The molecule has 1 unspecified atom stereocenters. The lowest BCUT2D eigenvalue weighted by Gasteiger charge is -2.32. The minimum Gasteiger partial charge on any atom is -0.389 e. The maximum Gasteiger partial charge on any atom is 0.237 e. The van der Waals surface area contributed by atoms with Gasteiger partial charge in [-0.25, -0.2) is 0 Å². The van der Waals surface area contributed by atoms with Crippen LogP contribution in [0, 0.1) is 5.92 Å². The molecule has 0 radical (unpaired) electrons. The van der Waals surface area contributed by atoms with E-state index >= 15 is 0 Å². The van der Waals surface area contributed by atoms with E-state index in [0.29, 0.717) is 12.5 Å². The van der Waals surface area contributed by atoms with Crippen molar-refractivity contribution in [3.8, 4) is 0 Å². The average molecular weight is 284 g/mol. The van der Waals surface area contributed by atoms with Gasteiger partial charge in [0.05, 0.1) is 11.6 Å². The van der Waals surface area contributed by atoms with Gasteiger partial charge in [0.25, 0.3) is 0 Å². The monoisotopic (exact) mass is 284 g/mol. The van der Waals surface area contributed by atoms with Crippen molar-refractivity contribution in [2.45, 2.75) is 71.4 Å². The smallest absolute Gasteiger partial charge is 0.237 e. The summed E-state index contributed by atoms with van der Waals surface area (Å²) < 4.78 is 0. The Labute approximate surface area is 123 Å². The SMILES string of the molecule is CCN(CC(C)(C)O)C(C)C(=O)NCC1CCCCC1. The number of nitrogens with zero attached hydrogens (tertiary/aromatic N) is 1. The Morgan fingerprint density at radius 1 is 1.35 bits per heavy atom. The van der Waals surface area contributed by atoms with Crippen LogP contribution >= 0.6 is 0 Å². The van der Waals surface area contributed by atoms with E-state index in [2.05, 4.69) is 5.32 Å². The third-order valence-corrected chi connectivity index (χ3v) is 4.21. The summed E-state index contributed by atoms with van der Waals surface area (Å²) in [6.07, 6.45) is 6.44. The molecule has 1 atom stereocenters. The van der Waals surface area contributed by atoms with Crippen LogP contribution in [0.15, 0.2) is 0 Å². The molecule has 1 aliphatic rings. The summed E-state index contributed by atoms with van der Waals surface area (Å²) in [5.74, 6) is 0.742. The first-order chi connectivity index (χ1) is 9.33. The van der Waals surface area contributed by atoms with Gasteiger partial charge in [-0.05, 0) is 46.1 Å². The number of rotatable bonds is 7. The molecule has 0 aromatic heterocycles. The van der Waals surface area contributed by atoms with Crippen molar-refractivity contribution in [2.24, 2.45) is 5.92 Å². The van der Waals surface area contributed by atoms with Gasteiger partial charge in [0.15, 0.2) is 0 Å². The molecule has 1 amide bonds. The number of carbonyl (C=O) groups excluding carboxylic acids is 1. The lowest BCUT2D eigenvalue weighted by Crippen LogP contribution is -2.50. The first-order valence-electron chi connectivity index (χ1n) is 8.07. The van der Waals surface area contributed by atoms with Crippen molar-refractivity contribution >= 4 is 5.91 Å². The molecular formula is C16H32N2O2. The average Bonchev–Trinajstić information content (AvgIpc) is 2.41. The Bertz CT molecular complexity index is 293. The van der Waals surface area contributed by atoms with Crippen LogP contribution < -0.4 is 5.32 Å². The van der Waals surface area contributed by atoms with Crippen molar-refractivity contribution in [2.75, 3.05) is 19.6 Å². The number of aliphatic hydroxyl groups is 1. The molecule has 4 nitrogen and oxygen atoms in total. The molecule has 4 heteroatoms. The lowest BCUT2D eigenvalue weighted by atomic mass is 9.89. The molecule has 0 aromatic rings. The topological polar surface area (TPSA) is 52.6 Å². The predicted molar refractivity (Wildman–Crippen MR) is 82.6 cm³/mol. The Morgan fingerprint density at radius 2 is 1.95 bits per heavy atom. The van der Waals surface area contributed by atoms with Crippen LogP contribution in [0.5, 0.6) is 0 Å². The van der Waals surface area contributed by atoms with Gasteiger partial charge in [0, 0.05) is 13.1 Å². The Kier molecular flexibility index (Phi) is 6.96. The Morgan fingerprint density at radius 3 is 2.45 bits per heavy atom. The molecule has 1 fully saturated rings. The molecule has 0 spiro atoms. The minimum atomic E-state index is -0.770. The third kappa shape index (κ3) is 6.23. The molecule has 0 aromatic carbocycles. The van der Waals surface area contributed by atoms with Gasteiger partial charge in [0.1, 0.15) is 0 Å². The van der Waals surface area contributed by atoms with Crippen molar-refractivity contribution in [3.63, 3.8) is 0 Å². The molecule has 2 N–H and O–H groups in total. The van der Waals surface area contributed by atoms with E-state index in [0.717, 1.165) is 13.1 Å². The number of likely N-dealkylation sites (N-methyl/N-ethyl adjacent to an activating group) is 1. The number of carbonyl (C=O) groups is 1. The van der Waals surface area contributed by atoms with E-state index in [1.165, 1.54) is 32.1 Å². The molecule has 1 saturated carbocycles. The van der Waals surface area contributed by atoms with Crippen LogP contribution in [0.2, 0.25) is 0 Å². The number of hydrogen-bond donors (Lipinski definition) is 2. The fraction of sp³-hybridized carbons (Fsp3) is 0.938. The highest BCUT2D eigenvalue weighted by atomic mass is 16.3. The second-order valence-electron chi connectivity index (χ2n) is 6.80. The normalized spacial score (nSPS) is 19.1. The summed E-state index contributed by atoms with van der Waals surface area (Å²) in [6, 6.07) is -0.185. The second-order valence-corrected chi connectivity index (χ2v) is 6.80. The maximum atomic E-state index is 12.2. The highest BCUT2D eigenvalue weighted by Crippen LogP contribution is 2.22. The number of nitrogens with one attached hydrogen (secondary N) is 1. The number of hydrogen-bond acceptors (Lipinski definition) is 3. The van der Waals surface area contributed by atoms with Gasteiger partial charge in [-0.1, -0.05) is 26.2 Å². The molecule has 1 aliphatic carbocycles. The zero-order chi connectivity index (χ0) is 15.2. The zero-order valence-corrected chi connectivity index (χ0v) is 13.6. The summed E-state index contributed by atoms with van der Waals surface area (Å²) in [5.41, 5.74) is -0.770. The van der Waals surface area contributed by atoms with Gasteiger partial charge in [-0.2, -0.15) is 0 Å². The van der Waals surface area contributed by atoms with E-state index in [1.807, 2.05) is 18.7 Å². The molecule has 118 valence electrons. The van der Waals surface area contributed by atoms with E-state index in [-0.39, 0.29) is 11.9 Å². The van der Waals surface area contributed by atoms with Crippen LogP contribution in [0.1, 0.15) is 59.8 Å². The van der Waals surface area contributed by atoms with Gasteiger partial charge in [0.2, 0.25) is 5.91 Å². The molecule has 0 bridgehead atoms. The van der Waals surface area contributed by atoms with Crippen molar-refractivity contribution in [3.05, 3.63) is 0 Å². The van der Waals surface area contributed by atoms with Gasteiger partial charge in [-0.3, -0.25) is 9.69 Å². The van der Waals surface area contributed by atoms with Crippen LogP contribution in [0.3, 0.4) is 0 Å². The van der Waals surface area contributed by atoms with Gasteiger partial charge < -0.3 is 10.4 Å². The van der Waals surface area contributed by atoms with Crippen molar-refractivity contribution in [1.82, 2.24) is 10.2 Å². The third-order valence-electron chi connectivity index (χ3n) is 4.21. The fourth-order valence-corrected chi connectivity index (χ4v) is 2.97. The number of amides is 1. The highest BCUT2D eigenvalue weighted by Gasteiger charge is 2.25.